The predicted molar refractivity (Wildman–Crippen MR) is 114 cm³/mol. The van der Waals surface area contributed by atoms with E-state index >= 15 is 0 Å². The summed E-state index contributed by atoms with van der Waals surface area (Å²) < 4.78 is 20.5. The van der Waals surface area contributed by atoms with Crippen molar-refractivity contribution in [1.82, 2.24) is 10.3 Å². The van der Waals surface area contributed by atoms with E-state index < -0.39 is 11.7 Å². The Morgan fingerprint density at radius 3 is 2.62 bits per heavy atom. The second kappa shape index (κ2) is 9.22. The fraction of sp³-hybridized carbons (Fsp3) is 0.455. The fourth-order valence-corrected chi connectivity index (χ4v) is 4.35. The van der Waals surface area contributed by atoms with E-state index in [0.29, 0.717) is 17.0 Å². The van der Waals surface area contributed by atoms with Crippen molar-refractivity contribution in [2.75, 3.05) is 13.2 Å². The van der Waals surface area contributed by atoms with E-state index in [1.165, 1.54) is 0 Å². The summed E-state index contributed by atoms with van der Waals surface area (Å²) in [6.07, 6.45) is 2.71. The zero-order chi connectivity index (χ0) is 21.1. The molecule has 0 bridgehead atoms. The molecule has 0 saturated carbocycles. The Morgan fingerprint density at radius 1 is 1.28 bits per heavy atom. The number of H-pyrrole nitrogens is 1. The average molecular weight is 465 g/mol. The van der Waals surface area contributed by atoms with Crippen molar-refractivity contribution in [3.63, 3.8) is 0 Å². The Labute approximate surface area is 178 Å². The summed E-state index contributed by atoms with van der Waals surface area (Å²) in [4.78, 5) is 27.7. The number of pyridine rings is 1. The summed E-state index contributed by atoms with van der Waals surface area (Å²) in [7, 11) is 0. The first-order valence-electron chi connectivity index (χ1n) is 9.80. The summed E-state index contributed by atoms with van der Waals surface area (Å²) >= 11 is 3.26. The number of aromatic amines is 1. The van der Waals surface area contributed by atoms with Crippen LogP contribution in [-0.4, -0.2) is 24.1 Å². The minimum Gasteiger partial charge on any atom is -0.381 e. The van der Waals surface area contributed by atoms with Crippen molar-refractivity contribution in [2.45, 2.75) is 46.6 Å². The second-order valence-electron chi connectivity index (χ2n) is 7.72. The average Bonchev–Trinajstić information content (AvgIpc) is 2.66. The summed E-state index contributed by atoms with van der Waals surface area (Å²) in [5.41, 5.74) is 3.41. The number of halogens is 2. The highest BCUT2D eigenvalue weighted by Gasteiger charge is 2.23. The van der Waals surface area contributed by atoms with Gasteiger partial charge in [0.2, 0.25) is 0 Å². The van der Waals surface area contributed by atoms with Crippen LogP contribution < -0.4 is 10.9 Å². The molecule has 2 N–H and O–H groups in total. The molecule has 156 valence electrons. The van der Waals surface area contributed by atoms with Crippen LogP contribution in [0.2, 0.25) is 0 Å². The molecule has 1 saturated heterocycles. The van der Waals surface area contributed by atoms with Gasteiger partial charge in [0.1, 0.15) is 5.82 Å². The predicted octanol–water partition coefficient (Wildman–Crippen LogP) is 4.10. The standard InChI is InChI=1S/C22H26BrFN2O3/c1-12-8-13(2)26-21(27)17(12)11-25-22(28)19-14(3)16(10-18(23)20(19)24)9-15-4-6-29-7-5-15/h8,10,15H,4-7,9,11H2,1-3H3,(H,25,28)(H,26,27). The molecule has 1 aliphatic rings. The molecule has 1 fully saturated rings. The first kappa shape index (κ1) is 21.7. The zero-order valence-electron chi connectivity index (χ0n) is 17.0. The lowest BCUT2D eigenvalue weighted by Crippen LogP contribution is -2.29. The number of amides is 1. The Morgan fingerprint density at radius 2 is 1.97 bits per heavy atom. The number of ether oxygens (including phenoxy) is 1. The molecule has 7 heteroatoms. The number of carbonyl (C=O) groups excluding carboxylic acids is 1. The van der Waals surface area contributed by atoms with Gasteiger partial charge in [-0.3, -0.25) is 9.59 Å². The minimum atomic E-state index is -0.578. The first-order chi connectivity index (χ1) is 13.8. The molecule has 3 rings (SSSR count). The quantitative estimate of drug-likeness (QED) is 0.699. The van der Waals surface area contributed by atoms with Gasteiger partial charge in [0.25, 0.3) is 11.5 Å². The molecule has 1 aliphatic heterocycles. The topological polar surface area (TPSA) is 71.2 Å². The molecule has 1 aromatic heterocycles. The van der Waals surface area contributed by atoms with E-state index in [-0.39, 0.29) is 22.1 Å². The highest BCUT2D eigenvalue weighted by Crippen LogP contribution is 2.29. The lowest BCUT2D eigenvalue weighted by atomic mass is 9.89. The van der Waals surface area contributed by atoms with Crippen LogP contribution in [0, 0.1) is 32.5 Å². The molecule has 29 heavy (non-hydrogen) atoms. The molecule has 2 aromatic rings. The highest BCUT2D eigenvalue weighted by atomic mass is 79.9. The molecule has 1 amide bonds. The zero-order valence-corrected chi connectivity index (χ0v) is 18.5. The maximum atomic E-state index is 14.8. The van der Waals surface area contributed by atoms with Gasteiger partial charge in [-0.25, -0.2) is 4.39 Å². The highest BCUT2D eigenvalue weighted by molar-refractivity contribution is 9.10. The number of hydrogen-bond acceptors (Lipinski definition) is 3. The summed E-state index contributed by atoms with van der Waals surface area (Å²) in [5, 5.41) is 2.72. The van der Waals surface area contributed by atoms with Gasteiger partial charge >= 0.3 is 0 Å². The van der Waals surface area contributed by atoms with Crippen LogP contribution in [0.4, 0.5) is 4.39 Å². The monoisotopic (exact) mass is 464 g/mol. The van der Waals surface area contributed by atoms with Gasteiger partial charge in [0, 0.05) is 31.0 Å². The number of nitrogens with one attached hydrogen (secondary N) is 2. The number of benzene rings is 1. The molecule has 1 aromatic carbocycles. The van der Waals surface area contributed by atoms with Crippen molar-refractivity contribution in [3.8, 4) is 0 Å². The van der Waals surface area contributed by atoms with Crippen LogP contribution in [-0.2, 0) is 17.7 Å². The molecule has 0 unspecified atom stereocenters. The second-order valence-corrected chi connectivity index (χ2v) is 8.57. The molecule has 2 heterocycles. The molecular formula is C22H26BrFN2O3. The van der Waals surface area contributed by atoms with Gasteiger partial charge < -0.3 is 15.0 Å². The molecule has 0 aliphatic carbocycles. The van der Waals surface area contributed by atoms with E-state index in [1.54, 1.807) is 19.9 Å². The number of rotatable bonds is 5. The third-order valence-corrected chi connectivity index (χ3v) is 6.16. The van der Waals surface area contributed by atoms with E-state index in [0.717, 1.165) is 49.3 Å². The van der Waals surface area contributed by atoms with Crippen LogP contribution in [0.3, 0.4) is 0 Å². The third-order valence-electron chi connectivity index (χ3n) is 5.58. The molecule has 0 atom stereocenters. The van der Waals surface area contributed by atoms with E-state index in [9.17, 15) is 14.0 Å². The van der Waals surface area contributed by atoms with Gasteiger partial charge in [0.15, 0.2) is 0 Å². The fourth-order valence-electron chi connectivity index (χ4n) is 3.87. The van der Waals surface area contributed by atoms with Crippen molar-refractivity contribution >= 4 is 21.8 Å². The van der Waals surface area contributed by atoms with Crippen LogP contribution in [0.15, 0.2) is 21.4 Å². The van der Waals surface area contributed by atoms with Gasteiger partial charge in [-0.15, -0.1) is 0 Å². The summed E-state index contributed by atoms with van der Waals surface area (Å²) in [6, 6.07) is 3.62. The van der Waals surface area contributed by atoms with Gasteiger partial charge in [0.05, 0.1) is 10.0 Å². The Hall–Kier alpha value is -1.99. The Bertz CT molecular complexity index is 981. The number of carbonyl (C=O) groups is 1. The number of hydrogen-bond donors (Lipinski definition) is 2. The molecule has 5 nitrogen and oxygen atoms in total. The van der Waals surface area contributed by atoms with Gasteiger partial charge in [-0.1, -0.05) is 0 Å². The number of aromatic nitrogens is 1. The Kier molecular flexibility index (Phi) is 6.90. The molecule has 0 radical (unpaired) electrons. The summed E-state index contributed by atoms with van der Waals surface area (Å²) in [6.45, 7) is 6.93. The lowest BCUT2D eigenvalue weighted by molar-refractivity contribution is 0.0664. The van der Waals surface area contributed by atoms with Crippen LogP contribution in [0.1, 0.15) is 51.1 Å². The van der Waals surface area contributed by atoms with Crippen LogP contribution in [0.25, 0.3) is 0 Å². The SMILES string of the molecule is Cc1cc(C)c(CNC(=O)c2c(C)c(CC3CCOCC3)cc(Br)c2F)c(=O)[nH]1. The van der Waals surface area contributed by atoms with Gasteiger partial charge in [-0.2, -0.15) is 0 Å². The minimum absolute atomic E-state index is 0.0302. The Balaban J connectivity index is 1.83. The van der Waals surface area contributed by atoms with Crippen molar-refractivity contribution in [3.05, 3.63) is 66.3 Å². The van der Waals surface area contributed by atoms with E-state index in [2.05, 4.69) is 26.2 Å². The largest absolute Gasteiger partial charge is 0.381 e. The summed E-state index contributed by atoms with van der Waals surface area (Å²) in [5.74, 6) is -0.636. The molecule has 0 spiro atoms. The van der Waals surface area contributed by atoms with Crippen molar-refractivity contribution < 1.29 is 13.9 Å². The lowest BCUT2D eigenvalue weighted by Gasteiger charge is -2.23. The molecular weight excluding hydrogens is 439 g/mol. The smallest absolute Gasteiger partial charge is 0.254 e. The first-order valence-corrected chi connectivity index (χ1v) is 10.6. The maximum absolute atomic E-state index is 14.8. The third kappa shape index (κ3) is 4.95. The van der Waals surface area contributed by atoms with Gasteiger partial charge in [-0.05, 0) is 90.7 Å². The van der Waals surface area contributed by atoms with Crippen molar-refractivity contribution in [1.29, 1.82) is 0 Å². The van der Waals surface area contributed by atoms with Crippen molar-refractivity contribution in [2.24, 2.45) is 5.92 Å². The van der Waals surface area contributed by atoms with E-state index in [1.807, 2.05) is 13.0 Å². The number of aryl methyl sites for hydroxylation is 2. The van der Waals surface area contributed by atoms with Crippen LogP contribution in [0.5, 0.6) is 0 Å². The maximum Gasteiger partial charge on any atom is 0.254 e. The van der Waals surface area contributed by atoms with E-state index in [4.69, 9.17) is 4.74 Å². The normalized spacial score (nSPS) is 14.8. The van der Waals surface area contributed by atoms with Crippen LogP contribution >= 0.6 is 15.9 Å².